The van der Waals surface area contributed by atoms with Crippen molar-refractivity contribution in [2.45, 2.75) is 32.0 Å². The molecule has 0 aliphatic carbocycles. The molecule has 2 nitrogen and oxygen atoms in total. The summed E-state index contributed by atoms with van der Waals surface area (Å²) in [6, 6.07) is 5.31. The Morgan fingerprint density at radius 2 is 1.26 bits per heavy atom. The van der Waals surface area contributed by atoms with Crippen molar-refractivity contribution in [3.8, 4) is 28.0 Å². The molecule has 2 atom stereocenters. The molecule has 2 unspecified atom stereocenters. The minimum atomic E-state index is -4.76. The standard InChI is InChI=1S/C31H20F10O2/c1-14-2-5-27(42-13-14)16-8-21(33)28(22(34)9-16)17-10-23(35)29(24(36)11-17)31(40,41)43-18-3-4-19(20(32)12-18)15-6-25(37)30(39)26(38)7-15/h3-4,6-12,14,27H,2,5,13H2,1H3. The van der Waals surface area contributed by atoms with Gasteiger partial charge in [0.25, 0.3) is 0 Å². The highest BCUT2D eigenvalue weighted by molar-refractivity contribution is 5.67. The van der Waals surface area contributed by atoms with Crippen LogP contribution in [0.1, 0.15) is 37.0 Å². The lowest BCUT2D eigenvalue weighted by Gasteiger charge is -2.27. The Morgan fingerprint density at radius 3 is 1.79 bits per heavy atom. The summed E-state index contributed by atoms with van der Waals surface area (Å²) < 4.78 is 154. The largest absolute Gasteiger partial charge is 0.432 e. The molecule has 4 aromatic carbocycles. The molecular formula is C31H20F10O2. The van der Waals surface area contributed by atoms with E-state index in [0.717, 1.165) is 30.7 Å². The van der Waals surface area contributed by atoms with E-state index in [1.54, 1.807) is 0 Å². The second-order valence-electron chi connectivity index (χ2n) is 10.2. The van der Waals surface area contributed by atoms with Gasteiger partial charge in [0.1, 0.15) is 40.4 Å². The van der Waals surface area contributed by atoms with Crippen molar-refractivity contribution in [2.24, 2.45) is 5.92 Å². The minimum Gasteiger partial charge on any atom is -0.429 e. The number of alkyl halides is 2. The van der Waals surface area contributed by atoms with E-state index in [1.807, 2.05) is 6.92 Å². The first-order valence-electron chi connectivity index (χ1n) is 12.9. The van der Waals surface area contributed by atoms with E-state index in [0.29, 0.717) is 43.4 Å². The van der Waals surface area contributed by atoms with Crippen LogP contribution in [0, 0.1) is 52.5 Å². The molecule has 43 heavy (non-hydrogen) atoms. The Kier molecular flexibility index (Phi) is 8.17. The molecule has 0 saturated carbocycles. The van der Waals surface area contributed by atoms with Crippen LogP contribution in [0.25, 0.3) is 22.3 Å². The SMILES string of the molecule is CC1CCC(c2cc(F)c(-c3cc(F)c(C(F)(F)Oc4ccc(-c5cc(F)c(F)c(F)c5)c(F)c4)c(F)c3)c(F)c2)OC1. The predicted molar refractivity (Wildman–Crippen MR) is 135 cm³/mol. The van der Waals surface area contributed by atoms with Gasteiger partial charge in [-0.1, -0.05) is 6.92 Å². The topological polar surface area (TPSA) is 18.5 Å². The molecule has 1 heterocycles. The van der Waals surface area contributed by atoms with Gasteiger partial charge in [0.05, 0.1) is 11.7 Å². The molecule has 0 amide bonds. The fourth-order valence-corrected chi connectivity index (χ4v) is 4.90. The predicted octanol–water partition coefficient (Wildman–Crippen LogP) is 9.75. The van der Waals surface area contributed by atoms with Crippen molar-refractivity contribution in [3.63, 3.8) is 0 Å². The van der Waals surface area contributed by atoms with Crippen LogP contribution >= 0.6 is 0 Å². The summed E-state index contributed by atoms with van der Waals surface area (Å²) in [7, 11) is 0. The summed E-state index contributed by atoms with van der Waals surface area (Å²) in [5, 5.41) is 0. The molecule has 0 spiro atoms. The first-order valence-corrected chi connectivity index (χ1v) is 12.9. The lowest BCUT2D eigenvalue weighted by Crippen LogP contribution is -2.25. The molecular weight excluding hydrogens is 594 g/mol. The highest BCUT2D eigenvalue weighted by Gasteiger charge is 2.41. The van der Waals surface area contributed by atoms with Crippen LogP contribution in [0.2, 0.25) is 0 Å². The molecule has 1 fully saturated rings. The van der Waals surface area contributed by atoms with E-state index in [1.165, 1.54) is 0 Å². The quantitative estimate of drug-likeness (QED) is 0.159. The minimum absolute atomic E-state index is 0.177. The van der Waals surface area contributed by atoms with Crippen molar-refractivity contribution in [1.82, 2.24) is 0 Å². The summed E-state index contributed by atoms with van der Waals surface area (Å²) in [6.07, 6.45) is -4.08. The maximum absolute atomic E-state index is 15.0. The monoisotopic (exact) mass is 614 g/mol. The van der Waals surface area contributed by atoms with Gasteiger partial charge in [0.2, 0.25) is 0 Å². The molecule has 1 saturated heterocycles. The normalized spacial score (nSPS) is 17.3. The zero-order chi connectivity index (χ0) is 31.2. The third-order valence-corrected chi connectivity index (χ3v) is 7.04. The summed E-state index contributed by atoms with van der Waals surface area (Å²) in [6.45, 7) is 2.34. The fraction of sp³-hybridized carbons (Fsp3) is 0.226. The van der Waals surface area contributed by atoms with Crippen molar-refractivity contribution >= 4 is 0 Å². The molecule has 12 heteroatoms. The number of rotatable bonds is 6. The maximum atomic E-state index is 15.0. The first-order chi connectivity index (χ1) is 20.2. The van der Waals surface area contributed by atoms with E-state index in [4.69, 9.17) is 4.74 Å². The lowest BCUT2D eigenvalue weighted by atomic mass is 9.93. The summed E-state index contributed by atoms with van der Waals surface area (Å²) in [4.78, 5) is 0. The van der Waals surface area contributed by atoms with Crippen LogP contribution in [-0.4, -0.2) is 6.61 Å². The Morgan fingerprint density at radius 1 is 0.674 bits per heavy atom. The van der Waals surface area contributed by atoms with Crippen LogP contribution in [0.3, 0.4) is 0 Å². The summed E-state index contributed by atoms with van der Waals surface area (Å²) >= 11 is 0. The molecule has 0 N–H and O–H groups in total. The lowest BCUT2D eigenvalue weighted by molar-refractivity contribution is -0.189. The number of hydrogen-bond donors (Lipinski definition) is 0. The Bertz CT molecular complexity index is 1630. The first kappa shape index (κ1) is 30.4. The summed E-state index contributed by atoms with van der Waals surface area (Å²) in [5.41, 5.74) is -4.29. The molecule has 0 radical (unpaired) electrons. The molecule has 1 aliphatic rings. The zero-order valence-electron chi connectivity index (χ0n) is 22.1. The smallest absolute Gasteiger partial charge is 0.429 e. The van der Waals surface area contributed by atoms with E-state index >= 15 is 0 Å². The molecule has 5 rings (SSSR count). The van der Waals surface area contributed by atoms with Crippen LogP contribution in [0.4, 0.5) is 43.9 Å². The van der Waals surface area contributed by atoms with Crippen molar-refractivity contribution < 1.29 is 53.4 Å². The number of ether oxygens (including phenoxy) is 2. The van der Waals surface area contributed by atoms with Gasteiger partial charge >= 0.3 is 6.11 Å². The second-order valence-corrected chi connectivity index (χ2v) is 10.2. The van der Waals surface area contributed by atoms with Gasteiger partial charge in [-0.05, 0) is 84.0 Å². The van der Waals surface area contributed by atoms with Crippen LogP contribution < -0.4 is 4.74 Å². The third-order valence-electron chi connectivity index (χ3n) is 7.04. The molecule has 0 aromatic heterocycles. The summed E-state index contributed by atoms with van der Waals surface area (Å²) in [5.74, 6) is -13.3. The van der Waals surface area contributed by atoms with Gasteiger partial charge < -0.3 is 9.47 Å². The zero-order valence-corrected chi connectivity index (χ0v) is 22.1. The second kappa shape index (κ2) is 11.6. The highest BCUT2D eigenvalue weighted by Crippen LogP contribution is 2.40. The van der Waals surface area contributed by atoms with Gasteiger partial charge in [0.15, 0.2) is 17.5 Å². The van der Waals surface area contributed by atoms with E-state index < -0.39 is 92.3 Å². The van der Waals surface area contributed by atoms with Crippen molar-refractivity contribution in [1.29, 1.82) is 0 Å². The maximum Gasteiger partial charge on any atom is 0.432 e. The van der Waals surface area contributed by atoms with Crippen LogP contribution in [-0.2, 0) is 10.8 Å². The van der Waals surface area contributed by atoms with Gasteiger partial charge in [-0.3, -0.25) is 0 Å². The van der Waals surface area contributed by atoms with Gasteiger partial charge in [-0.15, -0.1) is 0 Å². The molecule has 226 valence electrons. The Balaban J connectivity index is 1.41. The van der Waals surface area contributed by atoms with E-state index in [2.05, 4.69) is 4.74 Å². The number of hydrogen-bond acceptors (Lipinski definition) is 2. The van der Waals surface area contributed by atoms with Gasteiger partial charge in [0, 0.05) is 18.2 Å². The molecule has 4 aromatic rings. The van der Waals surface area contributed by atoms with Crippen molar-refractivity contribution in [3.05, 3.63) is 112 Å². The van der Waals surface area contributed by atoms with E-state index in [-0.39, 0.29) is 11.5 Å². The van der Waals surface area contributed by atoms with Crippen LogP contribution in [0.5, 0.6) is 5.75 Å². The highest BCUT2D eigenvalue weighted by atomic mass is 19.3. The van der Waals surface area contributed by atoms with E-state index in [9.17, 15) is 43.9 Å². The Labute approximate surface area is 238 Å². The third kappa shape index (κ3) is 6.06. The van der Waals surface area contributed by atoms with Gasteiger partial charge in [-0.2, -0.15) is 8.78 Å². The van der Waals surface area contributed by atoms with Gasteiger partial charge in [-0.25, -0.2) is 35.1 Å². The molecule has 1 aliphatic heterocycles. The number of benzene rings is 4. The average Bonchev–Trinajstić information content (AvgIpc) is 2.90. The Hall–Kier alpha value is -4.06. The van der Waals surface area contributed by atoms with Crippen LogP contribution in [0.15, 0.2) is 54.6 Å². The fourth-order valence-electron chi connectivity index (χ4n) is 4.90. The molecule has 0 bridgehead atoms. The number of halogens is 10. The average molecular weight is 614 g/mol. The van der Waals surface area contributed by atoms with Crippen molar-refractivity contribution in [2.75, 3.05) is 6.61 Å².